The van der Waals surface area contributed by atoms with Crippen LogP contribution in [0.3, 0.4) is 0 Å². The molecule has 5 nitrogen and oxygen atoms in total. The Kier molecular flexibility index (Phi) is 4.93. The van der Waals surface area contributed by atoms with Crippen molar-refractivity contribution >= 4 is 22.4 Å². The van der Waals surface area contributed by atoms with Crippen LogP contribution in [0.15, 0.2) is 24.3 Å². The Balaban J connectivity index is 1.69. The van der Waals surface area contributed by atoms with Crippen LogP contribution in [0.2, 0.25) is 0 Å². The number of carbonyl (C=O) groups excluding carboxylic acids is 1. The zero-order valence-electron chi connectivity index (χ0n) is 13.2. The zero-order valence-corrected chi connectivity index (χ0v) is 14.0. The largest absolute Gasteiger partial charge is 0.494 e. The van der Waals surface area contributed by atoms with Crippen LogP contribution in [-0.2, 0) is 12.8 Å². The van der Waals surface area contributed by atoms with Crippen molar-refractivity contribution in [1.82, 2.24) is 4.98 Å². The van der Waals surface area contributed by atoms with Crippen LogP contribution in [0, 0.1) is 0 Å². The summed E-state index contributed by atoms with van der Waals surface area (Å²) in [5.74, 6) is 0.547. The Morgan fingerprint density at radius 3 is 3.22 bits per heavy atom. The molecule has 1 amide bonds. The minimum atomic E-state index is -0.164. The third-order valence-electron chi connectivity index (χ3n) is 3.77. The van der Waals surface area contributed by atoms with E-state index in [0.717, 1.165) is 31.4 Å². The summed E-state index contributed by atoms with van der Waals surface area (Å²) >= 11 is 1.53. The molecule has 3 rings (SSSR count). The standard InChI is InChI=1S/C17H21N3O2S/c1-2-8-22-13-5-3-4-11(9-13)16(21)20-17-19-14-7-6-12(18)10-15(14)23-17/h3-5,9,12H,2,6-8,10,18H2,1H3,(H,19,20,21)/t12-/m0/s1. The number of aryl methyl sites for hydroxylation is 1. The van der Waals surface area contributed by atoms with E-state index in [0.29, 0.717) is 23.1 Å². The average molecular weight is 331 g/mol. The van der Waals surface area contributed by atoms with E-state index < -0.39 is 0 Å². The molecule has 2 aromatic rings. The van der Waals surface area contributed by atoms with Gasteiger partial charge in [-0.25, -0.2) is 4.98 Å². The number of hydrogen-bond donors (Lipinski definition) is 2. The number of rotatable bonds is 5. The number of amides is 1. The monoisotopic (exact) mass is 331 g/mol. The van der Waals surface area contributed by atoms with Gasteiger partial charge >= 0.3 is 0 Å². The number of anilines is 1. The van der Waals surface area contributed by atoms with Crippen molar-refractivity contribution in [3.8, 4) is 5.75 Å². The van der Waals surface area contributed by atoms with Crippen LogP contribution < -0.4 is 15.8 Å². The molecule has 1 heterocycles. The summed E-state index contributed by atoms with van der Waals surface area (Å²) in [6.45, 7) is 2.69. The van der Waals surface area contributed by atoms with Crippen molar-refractivity contribution in [3.63, 3.8) is 0 Å². The molecule has 1 aliphatic rings. The van der Waals surface area contributed by atoms with E-state index in [1.807, 2.05) is 19.1 Å². The quantitative estimate of drug-likeness (QED) is 0.883. The second kappa shape index (κ2) is 7.10. The normalized spacial score (nSPS) is 16.7. The number of thiazole rings is 1. The predicted octanol–water partition coefficient (Wildman–Crippen LogP) is 3.00. The molecular formula is C17H21N3O2S. The highest BCUT2D eigenvalue weighted by Gasteiger charge is 2.21. The fourth-order valence-corrected chi connectivity index (χ4v) is 3.67. The number of carbonyl (C=O) groups is 1. The Morgan fingerprint density at radius 1 is 1.52 bits per heavy atom. The van der Waals surface area contributed by atoms with Gasteiger partial charge < -0.3 is 10.5 Å². The first-order valence-electron chi connectivity index (χ1n) is 7.94. The maximum atomic E-state index is 12.4. The topological polar surface area (TPSA) is 77.2 Å². The molecule has 0 unspecified atom stereocenters. The van der Waals surface area contributed by atoms with E-state index in [2.05, 4.69) is 10.3 Å². The average Bonchev–Trinajstić information content (AvgIpc) is 2.94. The summed E-state index contributed by atoms with van der Waals surface area (Å²) in [6.07, 6.45) is 3.64. The van der Waals surface area contributed by atoms with Gasteiger partial charge in [0, 0.05) is 16.5 Å². The van der Waals surface area contributed by atoms with Gasteiger partial charge in [-0.1, -0.05) is 13.0 Å². The fourth-order valence-electron chi connectivity index (χ4n) is 2.57. The number of aromatic nitrogens is 1. The van der Waals surface area contributed by atoms with Crippen LogP contribution in [0.25, 0.3) is 0 Å². The highest BCUT2D eigenvalue weighted by Crippen LogP contribution is 2.29. The third-order valence-corrected chi connectivity index (χ3v) is 4.80. The second-order valence-corrected chi connectivity index (χ2v) is 6.81. The van der Waals surface area contributed by atoms with Crippen molar-refractivity contribution in [2.45, 2.75) is 38.6 Å². The Labute approximate surface area is 139 Å². The minimum Gasteiger partial charge on any atom is -0.494 e. The SMILES string of the molecule is CCCOc1cccc(C(=O)Nc2nc3c(s2)C[C@@H](N)CC3)c1. The summed E-state index contributed by atoms with van der Waals surface area (Å²) in [5, 5.41) is 3.53. The van der Waals surface area contributed by atoms with Crippen LogP contribution in [0.4, 0.5) is 5.13 Å². The van der Waals surface area contributed by atoms with Crippen molar-refractivity contribution in [3.05, 3.63) is 40.4 Å². The van der Waals surface area contributed by atoms with Crippen molar-refractivity contribution < 1.29 is 9.53 Å². The van der Waals surface area contributed by atoms with E-state index in [4.69, 9.17) is 10.5 Å². The Bertz CT molecular complexity index is 699. The Morgan fingerprint density at radius 2 is 2.39 bits per heavy atom. The number of ether oxygens (including phenoxy) is 1. The first kappa shape index (κ1) is 16.0. The van der Waals surface area contributed by atoms with Gasteiger partial charge in [0.1, 0.15) is 5.75 Å². The smallest absolute Gasteiger partial charge is 0.257 e. The van der Waals surface area contributed by atoms with E-state index in [9.17, 15) is 4.79 Å². The summed E-state index contributed by atoms with van der Waals surface area (Å²) < 4.78 is 5.57. The number of hydrogen-bond acceptors (Lipinski definition) is 5. The molecule has 0 saturated heterocycles. The number of fused-ring (bicyclic) bond motifs is 1. The fraction of sp³-hybridized carbons (Fsp3) is 0.412. The lowest BCUT2D eigenvalue weighted by Crippen LogP contribution is -2.27. The lowest BCUT2D eigenvalue weighted by Gasteiger charge is -2.15. The first-order valence-corrected chi connectivity index (χ1v) is 8.75. The highest BCUT2D eigenvalue weighted by atomic mass is 32.1. The van der Waals surface area contributed by atoms with E-state index in [1.165, 1.54) is 16.2 Å². The molecule has 3 N–H and O–H groups in total. The molecule has 0 fully saturated rings. The predicted molar refractivity (Wildman–Crippen MR) is 92.3 cm³/mol. The Hall–Kier alpha value is -1.92. The zero-order chi connectivity index (χ0) is 16.2. The molecule has 0 radical (unpaired) electrons. The maximum Gasteiger partial charge on any atom is 0.257 e. The minimum absolute atomic E-state index is 0.164. The molecule has 0 bridgehead atoms. The first-order chi connectivity index (χ1) is 11.2. The molecule has 1 aliphatic carbocycles. The molecule has 1 aromatic heterocycles. The second-order valence-electron chi connectivity index (χ2n) is 5.72. The summed E-state index contributed by atoms with van der Waals surface area (Å²) in [5.41, 5.74) is 7.63. The third kappa shape index (κ3) is 3.89. The highest BCUT2D eigenvalue weighted by molar-refractivity contribution is 7.15. The summed E-state index contributed by atoms with van der Waals surface area (Å²) in [7, 11) is 0. The van der Waals surface area contributed by atoms with Crippen LogP contribution >= 0.6 is 11.3 Å². The number of nitrogens with one attached hydrogen (secondary N) is 1. The van der Waals surface area contributed by atoms with Crippen LogP contribution in [-0.4, -0.2) is 23.5 Å². The van der Waals surface area contributed by atoms with Gasteiger partial charge in [-0.2, -0.15) is 0 Å². The van der Waals surface area contributed by atoms with Gasteiger partial charge in [-0.15, -0.1) is 11.3 Å². The van der Waals surface area contributed by atoms with Crippen LogP contribution in [0.5, 0.6) is 5.75 Å². The molecule has 1 atom stereocenters. The van der Waals surface area contributed by atoms with Crippen LogP contribution in [0.1, 0.15) is 40.7 Å². The molecule has 122 valence electrons. The lowest BCUT2D eigenvalue weighted by atomic mass is 9.99. The maximum absolute atomic E-state index is 12.4. The van der Waals surface area contributed by atoms with Gasteiger partial charge in [0.15, 0.2) is 5.13 Å². The van der Waals surface area contributed by atoms with Gasteiger partial charge in [-0.3, -0.25) is 10.1 Å². The molecule has 6 heteroatoms. The molecule has 23 heavy (non-hydrogen) atoms. The molecule has 0 aliphatic heterocycles. The van der Waals surface area contributed by atoms with Crippen molar-refractivity contribution in [2.24, 2.45) is 5.73 Å². The van der Waals surface area contributed by atoms with E-state index >= 15 is 0 Å². The van der Waals surface area contributed by atoms with Gasteiger partial charge in [0.2, 0.25) is 0 Å². The number of nitrogens with zero attached hydrogens (tertiary/aromatic N) is 1. The van der Waals surface area contributed by atoms with Gasteiger partial charge in [-0.05, 0) is 43.9 Å². The van der Waals surface area contributed by atoms with E-state index in [1.54, 1.807) is 12.1 Å². The molecule has 0 spiro atoms. The van der Waals surface area contributed by atoms with Crippen molar-refractivity contribution in [1.29, 1.82) is 0 Å². The summed E-state index contributed by atoms with van der Waals surface area (Å²) in [4.78, 5) is 18.1. The molecular weight excluding hydrogens is 310 g/mol. The summed E-state index contributed by atoms with van der Waals surface area (Å²) in [6, 6.07) is 7.42. The molecule has 1 aromatic carbocycles. The van der Waals surface area contributed by atoms with Crippen molar-refractivity contribution in [2.75, 3.05) is 11.9 Å². The molecule has 0 saturated carbocycles. The van der Waals surface area contributed by atoms with Gasteiger partial charge in [0.05, 0.1) is 12.3 Å². The number of nitrogens with two attached hydrogens (primary N) is 1. The van der Waals surface area contributed by atoms with Gasteiger partial charge in [0.25, 0.3) is 5.91 Å². The number of benzene rings is 1. The van der Waals surface area contributed by atoms with E-state index in [-0.39, 0.29) is 11.9 Å². The lowest BCUT2D eigenvalue weighted by molar-refractivity contribution is 0.102.